The molecule has 8 nitrogen and oxygen atoms in total. The van der Waals surface area contributed by atoms with Gasteiger partial charge in [0.2, 0.25) is 17.7 Å². The lowest BCUT2D eigenvalue weighted by Crippen LogP contribution is -2.45. The summed E-state index contributed by atoms with van der Waals surface area (Å²) in [5, 5.41) is 2.80. The maximum atomic E-state index is 14.0. The number of halogens is 3. The summed E-state index contributed by atoms with van der Waals surface area (Å²) in [6.45, 7) is -0.195. The molecule has 1 atom stereocenters. The number of nitrogens with two attached hydrogens (primary N) is 1. The maximum Gasteiger partial charge on any atom is 0.247 e. The second-order valence-electron chi connectivity index (χ2n) is 9.51. The minimum Gasteiger partial charge on any atom is -0.497 e. The molecule has 0 saturated carbocycles. The quantitative estimate of drug-likeness (QED) is 0.396. The zero-order valence-corrected chi connectivity index (χ0v) is 21.8. The molecular weight excluding hydrogens is 525 g/mol. The van der Waals surface area contributed by atoms with Gasteiger partial charge in [-0.05, 0) is 47.4 Å². The molecular formula is C29H29F3N4O4. The van der Waals surface area contributed by atoms with Crippen molar-refractivity contribution in [2.45, 2.75) is 32.0 Å². The number of carbonyl (C=O) groups is 3. The molecule has 0 unspecified atom stereocenters. The van der Waals surface area contributed by atoms with E-state index in [1.54, 1.807) is 43.5 Å². The highest BCUT2D eigenvalue weighted by molar-refractivity contribution is 6.02. The monoisotopic (exact) mass is 554 g/mol. The highest BCUT2D eigenvalue weighted by Crippen LogP contribution is 2.26. The molecule has 1 aliphatic heterocycles. The maximum absolute atomic E-state index is 14.0. The minimum atomic E-state index is -1.31. The van der Waals surface area contributed by atoms with Crippen molar-refractivity contribution in [3.8, 4) is 5.75 Å². The van der Waals surface area contributed by atoms with Crippen molar-refractivity contribution >= 4 is 23.4 Å². The number of nitrogens with one attached hydrogen (secondary N) is 1. The fraction of sp³-hybridized carbons (Fsp3) is 0.276. The van der Waals surface area contributed by atoms with Crippen LogP contribution < -0.4 is 20.7 Å². The van der Waals surface area contributed by atoms with Crippen LogP contribution in [0.4, 0.5) is 18.9 Å². The van der Waals surface area contributed by atoms with E-state index in [9.17, 15) is 27.6 Å². The Bertz CT molecular complexity index is 1400. The summed E-state index contributed by atoms with van der Waals surface area (Å²) in [7, 11) is 1.56. The largest absolute Gasteiger partial charge is 0.497 e. The number of carbonyl (C=O) groups excluding carboxylic acids is 3. The molecule has 0 aromatic heterocycles. The van der Waals surface area contributed by atoms with Gasteiger partial charge in [-0.25, -0.2) is 13.2 Å². The molecule has 0 fully saturated rings. The molecule has 1 heterocycles. The summed E-state index contributed by atoms with van der Waals surface area (Å²) in [4.78, 5) is 41.8. The first-order valence-electron chi connectivity index (χ1n) is 12.6. The lowest BCUT2D eigenvalue weighted by atomic mass is 10.0. The van der Waals surface area contributed by atoms with Crippen LogP contribution in [0.3, 0.4) is 0 Å². The smallest absolute Gasteiger partial charge is 0.247 e. The SMILES string of the molecule is COc1ccc(CNC(=O)CN2C(=O)CN(C(=O)C[C@H](N)Cc3cc(F)c(F)cc3F)Cc3ccccc32)cc1. The van der Waals surface area contributed by atoms with Gasteiger partial charge in [0.15, 0.2) is 11.6 Å². The second kappa shape index (κ2) is 12.6. The zero-order chi connectivity index (χ0) is 28.8. The van der Waals surface area contributed by atoms with Crippen LogP contribution in [0.2, 0.25) is 0 Å². The number of benzene rings is 3. The summed E-state index contributed by atoms with van der Waals surface area (Å²) in [5.41, 5.74) is 7.92. The van der Waals surface area contributed by atoms with Gasteiger partial charge in [-0.15, -0.1) is 0 Å². The van der Waals surface area contributed by atoms with E-state index in [-0.39, 0.29) is 50.5 Å². The summed E-state index contributed by atoms with van der Waals surface area (Å²) in [6.07, 6.45) is -0.454. The van der Waals surface area contributed by atoms with E-state index < -0.39 is 35.3 Å². The molecule has 0 radical (unpaired) electrons. The molecule has 0 aliphatic carbocycles. The molecule has 1 aliphatic rings. The summed E-state index contributed by atoms with van der Waals surface area (Å²) < 4.78 is 45.9. The Morgan fingerprint density at radius 1 is 1.00 bits per heavy atom. The third-order valence-corrected chi connectivity index (χ3v) is 6.58. The van der Waals surface area contributed by atoms with Crippen molar-refractivity contribution in [2.24, 2.45) is 5.73 Å². The average Bonchev–Trinajstić information content (AvgIpc) is 3.07. The van der Waals surface area contributed by atoms with E-state index in [2.05, 4.69) is 5.32 Å². The fourth-order valence-electron chi connectivity index (χ4n) is 4.47. The molecule has 3 N–H and O–H groups in total. The van der Waals surface area contributed by atoms with Gasteiger partial charge in [0, 0.05) is 37.3 Å². The summed E-state index contributed by atoms with van der Waals surface area (Å²) in [5.74, 6) is -4.10. The van der Waals surface area contributed by atoms with Crippen molar-refractivity contribution < 1.29 is 32.3 Å². The lowest BCUT2D eigenvalue weighted by molar-refractivity contribution is -0.136. The normalized spacial score (nSPS) is 13.9. The highest BCUT2D eigenvalue weighted by atomic mass is 19.2. The summed E-state index contributed by atoms with van der Waals surface area (Å²) in [6, 6.07) is 14.4. The Hall–Kier alpha value is -4.38. The highest BCUT2D eigenvalue weighted by Gasteiger charge is 2.30. The van der Waals surface area contributed by atoms with Crippen LogP contribution in [0.1, 0.15) is 23.1 Å². The third-order valence-electron chi connectivity index (χ3n) is 6.58. The van der Waals surface area contributed by atoms with Gasteiger partial charge in [-0.1, -0.05) is 30.3 Å². The van der Waals surface area contributed by atoms with Crippen molar-refractivity contribution in [1.29, 1.82) is 0 Å². The molecule has 4 rings (SSSR count). The topological polar surface area (TPSA) is 105 Å². The molecule has 0 spiro atoms. The molecule has 0 saturated heterocycles. The van der Waals surface area contributed by atoms with Crippen molar-refractivity contribution in [3.05, 3.63) is 94.8 Å². The third kappa shape index (κ3) is 6.97. The molecule has 40 heavy (non-hydrogen) atoms. The molecule has 11 heteroatoms. The van der Waals surface area contributed by atoms with Crippen LogP contribution in [0.15, 0.2) is 60.7 Å². The standard InChI is InChI=1S/C29H29F3N4O4/c1-40-22-8-6-18(7-9-22)14-34-27(37)16-36-26-5-3-2-4-19(26)15-35(17-29(36)39)28(38)12-21(33)10-20-11-24(31)25(32)13-23(20)30/h2-9,11,13,21H,10,12,14-17,33H2,1H3,(H,34,37)/t21-/m1/s1. The molecule has 3 amide bonds. The Morgan fingerprint density at radius 2 is 1.70 bits per heavy atom. The van der Waals surface area contributed by atoms with Crippen LogP contribution in [0, 0.1) is 17.5 Å². The van der Waals surface area contributed by atoms with Crippen molar-refractivity contribution in [1.82, 2.24) is 10.2 Å². The van der Waals surface area contributed by atoms with Crippen LogP contribution in [0.5, 0.6) is 5.75 Å². The number of ether oxygens (including phenoxy) is 1. The average molecular weight is 555 g/mol. The first-order chi connectivity index (χ1) is 19.1. The molecule has 3 aromatic rings. The van der Waals surface area contributed by atoms with E-state index in [0.29, 0.717) is 23.1 Å². The van der Waals surface area contributed by atoms with E-state index in [1.165, 1.54) is 9.80 Å². The number of methoxy groups -OCH3 is 1. The minimum absolute atomic E-state index is 0.0942. The van der Waals surface area contributed by atoms with Gasteiger partial charge in [0.05, 0.1) is 7.11 Å². The van der Waals surface area contributed by atoms with E-state index >= 15 is 0 Å². The number of hydrogen-bond acceptors (Lipinski definition) is 5. The van der Waals surface area contributed by atoms with Gasteiger partial charge >= 0.3 is 0 Å². The Morgan fingerprint density at radius 3 is 2.42 bits per heavy atom. The van der Waals surface area contributed by atoms with Crippen LogP contribution in [-0.4, -0.2) is 48.9 Å². The molecule has 210 valence electrons. The first-order valence-corrected chi connectivity index (χ1v) is 12.6. The Balaban J connectivity index is 1.41. The van der Waals surface area contributed by atoms with Crippen LogP contribution >= 0.6 is 0 Å². The predicted octanol–water partition coefficient (Wildman–Crippen LogP) is 3.06. The Labute approximate surface area is 229 Å². The van der Waals surface area contributed by atoms with Gasteiger partial charge in [0.1, 0.15) is 24.7 Å². The number of nitrogens with zero attached hydrogens (tertiary/aromatic N) is 2. The van der Waals surface area contributed by atoms with Gasteiger partial charge in [-0.3, -0.25) is 14.4 Å². The predicted molar refractivity (Wildman–Crippen MR) is 142 cm³/mol. The Kier molecular flexibility index (Phi) is 9.05. The lowest BCUT2D eigenvalue weighted by Gasteiger charge is -2.23. The van der Waals surface area contributed by atoms with E-state index in [4.69, 9.17) is 10.5 Å². The molecule has 0 bridgehead atoms. The second-order valence-corrected chi connectivity index (χ2v) is 9.51. The van der Waals surface area contributed by atoms with Crippen molar-refractivity contribution in [3.63, 3.8) is 0 Å². The van der Waals surface area contributed by atoms with Gasteiger partial charge in [-0.2, -0.15) is 0 Å². The number of para-hydroxylation sites is 1. The van der Waals surface area contributed by atoms with Crippen LogP contribution in [-0.2, 0) is 33.9 Å². The van der Waals surface area contributed by atoms with Gasteiger partial charge < -0.3 is 25.6 Å². The first kappa shape index (κ1) is 28.6. The van der Waals surface area contributed by atoms with E-state index in [1.807, 2.05) is 12.1 Å². The summed E-state index contributed by atoms with van der Waals surface area (Å²) >= 11 is 0. The number of anilines is 1. The van der Waals surface area contributed by atoms with Crippen molar-refractivity contribution in [2.75, 3.05) is 25.1 Å². The fourth-order valence-corrected chi connectivity index (χ4v) is 4.47. The van der Waals surface area contributed by atoms with Crippen LogP contribution in [0.25, 0.3) is 0 Å². The number of fused-ring (bicyclic) bond motifs is 1. The van der Waals surface area contributed by atoms with Gasteiger partial charge in [0.25, 0.3) is 0 Å². The number of rotatable bonds is 9. The molecule has 3 aromatic carbocycles. The number of amides is 3. The number of hydrogen-bond donors (Lipinski definition) is 2. The van der Waals surface area contributed by atoms with E-state index in [0.717, 1.165) is 11.6 Å². The zero-order valence-electron chi connectivity index (χ0n) is 21.8.